The number of carbonyl (C=O) groups is 1. The Kier molecular flexibility index (Phi) is 4.08. The molecule has 0 aliphatic heterocycles. The second kappa shape index (κ2) is 4.95. The number of carbonyl (C=O) groups excluding carboxylic acids is 1. The van der Waals surface area contributed by atoms with E-state index in [0.717, 1.165) is 6.20 Å². The molecule has 0 amide bonds. The fourth-order valence-electron chi connectivity index (χ4n) is 0.971. The molecule has 1 aromatic heterocycles. The molecule has 1 aromatic rings. The van der Waals surface area contributed by atoms with Gasteiger partial charge in [-0.25, -0.2) is 8.78 Å². The second-order valence-corrected chi connectivity index (χ2v) is 3.98. The summed E-state index contributed by atoms with van der Waals surface area (Å²) in [5.41, 5.74) is -1.17. The van der Waals surface area contributed by atoms with Crippen LogP contribution in [0.15, 0.2) is 6.20 Å². The third-order valence-electron chi connectivity index (χ3n) is 1.63. The maximum Gasteiger partial charge on any atom is 0.373 e. The van der Waals surface area contributed by atoms with E-state index in [1.807, 2.05) is 0 Å². The predicted octanol–water partition coefficient (Wildman–Crippen LogP) is 2.91. The van der Waals surface area contributed by atoms with E-state index in [2.05, 4.69) is 4.98 Å². The Morgan fingerprint density at radius 2 is 2.19 bits per heavy atom. The lowest BCUT2D eigenvalue weighted by Crippen LogP contribution is -2.06. The monoisotopic (exact) mass is 362 g/mol. The van der Waals surface area contributed by atoms with Crippen LogP contribution in [0.2, 0.25) is 0 Å². The lowest BCUT2D eigenvalue weighted by Gasteiger charge is -2.05. The van der Waals surface area contributed by atoms with E-state index in [4.69, 9.17) is 11.6 Å². The van der Waals surface area contributed by atoms with E-state index in [0.29, 0.717) is 0 Å². The van der Waals surface area contributed by atoms with Gasteiger partial charge in [0.1, 0.15) is 5.56 Å². The third-order valence-corrected chi connectivity index (χ3v) is 3.00. The zero-order valence-corrected chi connectivity index (χ0v) is 10.2. The minimum Gasteiger partial charge on any atom is -0.358 e. The molecule has 1 heterocycles. The number of hydrogen-bond donors (Lipinski definition) is 0. The van der Waals surface area contributed by atoms with Gasteiger partial charge < -0.3 is 10.1 Å². The highest BCUT2D eigenvalue weighted by molar-refractivity contribution is 14.1. The summed E-state index contributed by atoms with van der Waals surface area (Å²) in [6.45, 7) is 0. The molecular weight excluding hydrogens is 360 g/mol. The van der Waals surface area contributed by atoms with Crippen LogP contribution in [0, 0.1) is 13.7 Å². The Labute approximate surface area is 106 Å². The number of alkyl halides is 2. The van der Waals surface area contributed by atoms with Gasteiger partial charge in [0.25, 0.3) is 11.7 Å². The first-order chi connectivity index (χ1) is 7.36. The van der Waals surface area contributed by atoms with E-state index in [-0.39, 0.29) is 9.13 Å². The highest BCUT2D eigenvalue weighted by Gasteiger charge is 2.29. The third kappa shape index (κ3) is 2.43. The van der Waals surface area contributed by atoms with Crippen LogP contribution in [0.4, 0.5) is 14.6 Å². The largest absolute Gasteiger partial charge is 0.373 e. The van der Waals surface area contributed by atoms with E-state index in [9.17, 15) is 23.7 Å². The van der Waals surface area contributed by atoms with Gasteiger partial charge in [0.15, 0.2) is 6.20 Å². The van der Waals surface area contributed by atoms with Crippen LogP contribution >= 0.6 is 34.2 Å². The van der Waals surface area contributed by atoms with E-state index in [1.54, 1.807) is 0 Å². The standard InChI is InChI=1S/C7H2ClF2IN2O3/c8-5(14)2-1-12-7(13(15)16)3(4(2)11)6(9)10/h1,6H. The summed E-state index contributed by atoms with van der Waals surface area (Å²) in [7, 11) is 0. The molecule has 16 heavy (non-hydrogen) atoms. The Bertz CT molecular complexity index is 469. The summed E-state index contributed by atoms with van der Waals surface area (Å²) in [5.74, 6) is -0.971. The molecule has 0 atom stereocenters. The summed E-state index contributed by atoms with van der Waals surface area (Å²) in [5, 5.41) is 9.46. The molecule has 0 radical (unpaired) electrons. The van der Waals surface area contributed by atoms with Crippen molar-refractivity contribution >= 4 is 45.3 Å². The number of aromatic nitrogens is 1. The van der Waals surface area contributed by atoms with Crippen LogP contribution in [0.25, 0.3) is 0 Å². The summed E-state index contributed by atoms with van der Waals surface area (Å²) < 4.78 is 24.9. The molecular formula is C7H2ClF2IN2O3. The first-order valence-electron chi connectivity index (χ1n) is 3.67. The van der Waals surface area contributed by atoms with Crippen LogP contribution in [-0.2, 0) is 0 Å². The smallest absolute Gasteiger partial charge is 0.358 e. The van der Waals surface area contributed by atoms with Crippen molar-refractivity contribution in [3.8, 4) is 0 Å². The molecule has 0 saturated heterocycles. The number of halogens is 4. The molecule has 0 saturated carbocycles. The minimum atomic E-state index is -3.10. The minimum absolute atomic E-state index is 0.255. The van der Waals surface area contributed by atoms with Crippen molar-refractivity contribution in [1.29, 1.82) is 0 Å². The van der Waals surface area contributed by atoms with Crippen LogP contribution < -0.4 is 0 Å². The average molecular weight is 362 g/mol. The van der Waals surface area contributed by atoms with Crippen LogP contribution in [-0.4, -0.2) is 15.1 Å². The molecule has 0 spiro atoms. The van der Waals surface area contributed by atoms with Gasteiger partial charge in [0.05, 0.1) is 5.56 Å². The summed E-state index contributed by atoms with van der Waals surface area (Å²) in [6, 6.07) is 0. The van der Waals surface area contributed by atoms with Crippen molar-refractivity contribution < 1.29 is 18.5 Å². The maximum absolute atomic E-state index is 12.6. The lowest BCUT2D eigenvalue weighted by atomic mass is 10.2. The topological polar surface area (TPSA) is 73.1 Å². The molecule has 0 N–H and O–H groups in total. The van der Waals surface area contributed by atoms with Crippen molar-refractivity contribution in [2.24, 2.45) is 0 Å². The molecule has 0 bridgehead atoms. The van der Waals surface area contributed by atoms with Gasteiger partial charge in [-0.1, -0.05) is 0 Å². The Balaban J connectivity index is 3.54. The lowest BCUT2D eigenvalue weighted by molar-refractivity contribution is -0.391. The number of nitrogens with zero attached hydrogens (tertiary/aromatic N) is 2. The van der Waals surface area contributed by atoms with Crippen LogP contribution in [0.3, 0.4) is 0 Å². The molecule has 1 rings (SSSR count). The molecule has 5 nitrogen and oxygen atoms in total. The van der Waals surface area contributed by atoms with Crippen molar-refractivity contribution in [2.75, 3.05) is 0 Å². The van der Waals surface area contributed by atoms with E-state index >= 15 is 0 Å². The first-order valence-corrected chi connectivity index (χ1v) is 5.12. The van der Waals surface area contributed by atoms with Crippen LogP contribution in [0.1, 0.15) is 22.3 Å². The van der Waals surface area contributed by atoms with Gasteiger partial charge >= 0.3 is 5.82 Å². The number of hydrogen-bond acceptors (Lipinski definition) is 4. The van der Waals surface area contributed by atoms with Gasteiger partial charge in [-0.05, 0) is 44.1 Å². The maximum atomic E-state index is 12.6. The normalized spacial score (nSPS) is 10.6. The predicted molar refractivity (Wildman–Crippen MR) is 58.7 cm³/mol. The Morgan fingerprint density at radius 1 is 1.62 bits per heavy atom. The van der Waals surface area contributed by atoms with Gasteiger partial charge in [-0.3, -0.25) is 4.79 Å². The van der Waals surface area contributed by atoms with Gasteiger partial charge in [-0.15, -0.1) is 0 Å². The van der Waals surface area contributed by atoms with Crippen molar-refractivity contribution in [1.82, 2.24) is 4.98 Å². The summed E-state index contributed by atoms with van der Waals surface area (Å²) in [6.07, 6.45) is -2.29. The summed E-state index contributed by atoms with van der Waals surface area (Å²) in [4.78, 5) is 23.4. The summed E-state index contributed by atoms with van der Waals surface area (Å²) >= 11 is 6.52. The molecule has 0 fully saturated rings. The van der Waals surface area contributed by atoms with Gasteiger partial charge in [0.2, 0.25) is 0 Å². The Morgan fingerprint density at radius 3 is 2.56 bits per heavy atom. The quantitative estimate of drug-likeness (QED) is 0.359. The zero-order valence-electron chi connectivity index (χ0n) is 7.29. The molecule has 0 unspecified atom stereocenters. The molecule has 0 aliphatic carbocycles. The fourth-order valence-corrected chi connectivity index (χ4v) is 2.13. The van der Waals surface area contributed by atoms with Gasteiger partial charge in [0, 0.05) is 3.57 Å². The molecule has 86 valence electrons. The fraction of sp³-hybridized carbons (Fsp3) is 0.143. The highest BCUT2D eigenvalue weighted by atomic mass is 127. The zero-order chi connectivity index (χ0) is 12.5. The number of nitro groups is 1. The molecule has 0 aliphatic rings. The number of rotatable bonds is 3. The molecule has 0 aromatic carbocycles. The first kappa shape index (κ1) is 13.2. The number of pyridine rings is 1. The van der Waals surface area contributed by atoms with Crippen molar-refractivity contribution in [2.45, 2.75) is 6.43 Å². The van der Waals surface area contributed by atoms with Gasteiger partial charge in [-0.2, -0.15) is 0 Å². The Hall–Kier alpha value is -0.900. The van der Waals surface area contributed by atoms with E-state index < -0.39 is 28.0 Å². The molecule has 9 heteroatoms. The highest BCUT2D eigenvalue weighted by Crippen LogP contribution is 2.33. The van der Waals surface area contributed by atoms with E-state index in [1.165, 1.54) is 22.6 Å². The van der Waals surface area contributed by atoms with Crippen molar-refractivity contribution in [3.63, 3.8) is 0 Å². The average Bonchev–Trinajstić information content (AvgIpc) is 2.15. The SMILES string of the molecule is O=C(Cl)c1cnc([N+](=O)[O-])c(C(F)F)c1I. The van der Waals surface area contributed by atoms with Crippen LogP contribution in [0.5, 0.6) is 0 Å². The van der Waals surface area contributed by atoms with Crippen molar-refractivity contribution in [3.05, 3.63) is 31.0 Å². The second-order valence-electron chi connectivity index (χ2n) is 2.55.